The summed E-state index contributed by atoms with van der Waals surface area (Å²) in [6, 6.07) is 13.4. The van der Waals surface area contributed by atoms with Crippen LogP contribution in [-0.2, 0) is 9.59 Å². The van der Waals surface area contributed by atoms with Gasteiger partial charge in [0.1, 0.15) is 17.5 Å². The molecule has 2 amide bonds. The fraction of sp³-hybridized carbons (Fsp3) is 0.176. The average Bonchev–Trinajstić information content (AvgIpc) is 2.99. The van der Waals surface area contributed by atoms with Gasteiger partial charge in [0, 0.05) is 5.02 Å². The maximum absolute atomic E-state index is 12.0. The molecule has 0 bridgehead atoms. The van der Waals surface area contributed by atoms with E-state index in [4.69, 9.17) is 21.5 Å². The molecule has 1 aliphatic heterocycles. The van der Waals surface area contributed by atoms with Crippen LogP contribution in [0.15, 0.2) is 48.5 Å². The Labute approximate surface area is 143 Å². The Hall–Kier alpha value is -2.57. The fourth-order valence-electron chi connectivity index (χ4n) is 2.62. The van der Waals surface area contributed by atoms with E-state index >= 15 is 0 Å². The molecule has 124 valence electrons. The highest BCUT2D eigenvalue weighted by Crippen LogP contribution is 2.30. The molecular formula is C17H15ClN2O4. The molecule has 1 aliphatic rings. The first-order valence-electron chi connectivity index (χ1n) is 7.34. The van der Waals surface area contributed by atoms with Gasteiger partial charge in [-0.25, -0.2) is 5.48 Å². The zero-order chi connectivity index (χ0) is 17.1. The van der Waals surface area contributed by atoms with Crippen molar-refractivity contribution >= 4 is 23.4 Å². The van der Waals surface area contributed by atoms with E-state index in [1.807, 2.05) is 0 Å². The molecule has 2 aromatic carbocycles. The van der Waals surface area contributed by atoms with Crippen molar-refractivity contribution in [1.29, 1.82) is 0 Å². The van der Waals surface area contributed by atoms with Crippen LogP contribution in [0.3, 0.4) is 0 Å². The summed E-state index contributed by atoms with van der Waals surface area (Å²) in [6.07, 6.45) is 0.294. The Bertz CT molecular complexity index is 746. The molecule has 3 N–H and O–H groups in total. The first-order valence-corrected chi connectivity index (χ1v) is 7.72. The SMILES string of the molecule is O=C1N[C@@H](C(=O)NO)C[C@H]1c1ccc(Oc2ccc(Cl)cc2)cc1. The topological polar surface area (TPSA) is 87.7 Å². The van der Waals surface area contributed by atoms with Crippen LogP contribution >= 0.6 is 11.6 Å². The molecule has 0 aromatic heterocycles. The van der Waals surface area contributed by atoms with Crippen molar-refractivity contribution in [3.63, 3.8) is 0 Å². The number of carbonyl (C=O) groups excluding carboxylic acids is 2. The van der Waals surface area contributed by atoms with E-state index in [1.165, 1.54) is 0 Å². The number of rotatable bonds is 4. The lowest BCUT2D eigenvalue weighted by Crippen LogP contribution is -2.40. The highest BCUT2D eigenvalue weighted by molar-refractivity contribution is 6.30. The number of hydrogen-bond donors (Lipinski definition) is 3. The van der Waals surface area contributed by atoms with E-state index in [9.17, 15) is 9.59 Å². The zero-order valence-corrected chi connectivity index (χ0v) is 13.3. The van der Waals surface area contributed by atoms with Gasteiger partial charge < -0.3 is 10.1 Å². The summed E-state index contributed by atoms with van der Waals surface area (Å²) < 4.78 is 5.70. The summed E-state index contributed by atoms with van der Waals surface area (Å²) >= 11 is 5.83. The van der Waals surface area contributed by atoms with Crippen molar-refractivity contribution in [2.45, 2.75) is 18.4 Å². The number of ether oxygens (including phenoxy) is 1. The number of nitrogens with one attached hydrogen (secondary N) is 2. The van der Waals surface area contributed by atoms with E-state index in [1.54, 1.807) is 54.0 Å². The first-order chi connectivity index (χ1) is 11.6. The summed E-state index contributed by atoms with van der Waals surface area (Å²) in [5.74, 6) is -0.00466. The van der Waals surface area contributed by atoms with Crippen molar-refractivity contribution in [2.24, 2.45) is 0 Å². The number of halogens is 1. The van der Waals surface area contributed by atoms with Gasteiger partial charge in [0.25, 0.3) is 5.91 Å². The van der Waals surface area contributed by atoms with Crippen molar-refractivity contribution in [1.82, 2.24) is 10.8 Å². The van der Waals surface area contributed by atoms with Gasteiger partial charge >= 0.3 is 0 Å². The number of benzene rings is 2. The predicted octanol–water partition coefficient (Wildman–Crippen LogP) is 2.61. The van der Waals surface area contributed by atoms with Gasteiger partial charge in [-0.1, -0.05) is 23.7 Å². The Morgan fingerprint density at radius 1 is 1.12 bits per heavy atom. The summed E-state index contributed by atoms with van der Waals surface area (Å²) in [7, 11) is 0. The molecule has 0 radical (unpaired) electrons. The standard InChI is InChI=1S/C17H15ClN2O4/c18-11-3-7-13(8-4-11)24-12-5-1-10(2-6-12)14-9-15(17(22)20-23)19-16(14)21/h1-8,14-15,23H,9H2,(H,19,21)(H,20,22)/t14-,15+/m0/s1. The fourth-order valence-corrected chi connectivity index (χ4v) is 2.74. The van der Waals surface area contributed by atoms with Crippen LogP contribution in [0.4, 0.5) is 0 Å². The van der Waals surface area contributed by atoms with Gasteiger partial charge in [-0.05, 0) is 48.4 Å². The van der Waals surface area contributed by atoms with E-state index in [2.05, 4.69) is 5.32 Å². The second kappa shape index (κ2) is 6.90. The first kappa shape index (κ1) is 16.3. The third kappa shape index (κ3) is 3.50. The summed E-state index contributed by atoms with van der Waals surface area (Å²) in [6.45, 7) is 0. The monoisotopic (exact) mass is 346 g/mol. The van der Waals surface area contributed by atoms with Gasteiger partial charge in [-0.3, -0.25) is 14.8 Å². The molecule has 0 unspecified atom stereocenters. The average molecular weight is 347 g/mol. The summed E-state index contributed by atoms with van der Waals surface area (Å²) in [5, 5.41) is 11.8. The van der Waals surface area contributed by atoms with E-state index in [-0.39, 0.29) is 5.91 Å². The minimum absolute atomic E-state index is 0.241. The molecular weight excluding hydrogens is 332 g/mol. The Kier molecular flexibility index (Phi) is 4.69. The van der Waals surface area contributed by atoms with E-state index in [0.717, 1.165) is 5.56 Å². The minimum Gasteiger partial charge on any atom is -0.457 e. The lowest BCUT2D eigenvalue weighted by Gasteiger charge is -2.10. The molecule has 2 atom stereocenters. The second-order valence-corrected chi connectivity index (χ2v) is 5.89. The predicted molar refractivity (Wildman–Crippen MR) is 87.2 cm³/mol. The van der Waals surface area contributed by atoms with Crippen molar-refractivity contribution in [3.05, 3.63) is 59.1 Å². The Morgan fingerprint density at radius 3 is 2.29 bits per heavy atom. The Morgan fingerprint density at radius 2 is 1.71 bits per heavy atom. The van der Waals surface area contributed by atoms with Crippen LogP contribution in [0.5, 0.6) is 11.5 Å². The quantitative estimate of drug-likeness (QED) is 0.586. The Balaban J connectivity index is 1.69. The molecule has 24 heavy (non-hydrogen) atoms. The van der Waals surface area contributed by atoms with Gasteiger partial charge in [0.05, 0.1) is 5.92 Å². The molecule has 0 spiro atoms. The number of amides is 2. The third-order valence-corrected chi connectivity index (χ3v) is 4.11. The highest BCUT2D eigenvalue weighted by Gasteiger charge is 2.36. The van der Waals surface area contributed by atoms with Gasteiger partial charge in [-0.15, -0.1) is 0 Å². The number of hydroxylamine groups is 1. The van der Waals surface area contributed by atoms with Crippen LogP contribution in [-0.4, -0.2) is 23.1 Å². The highest BCUT2D eigenvalue weighted by atomic mass is 35.5. The number of hydrogen-bond acceptors (Lipinski definition) is 4. The van der Waals surface area contributed by atoms with Crippen molar-refractivity contribution < 1.29 is 19.5 Å². The molecule has 2 aromatic rings. The van der Waals surface area contributed by atoms with E-state index in [0.29, 0.717) is 22.9 Å². The van der Waals surface area contributed by atoms with Crippen molar-refractivity contribution in [2.75, 3.05) is 0 Å². The normalized spacial score (nSPS) is 19.7. The molecule has 1 saturated heterocycles. The molecule has 6 nitrogen and oxygen atoms in total. The second-order valence-electron chi connectivity index (χ2n) is 5.45. The van der Waals surface area contributed by atoms with Gasteiger partial charge in [0.2, 0.25) is 5.91 Å². The van der Waals surface area contributed by atoms with Gasteiger partial charge in [0.15, 0.2) is 0 Å². The molecule has 3 rings (SSSR count). The zero-order valence-electron chi connectivity index (χ0n) is 12.5. The van der Waals surface area contributed by atoms with Crippen LogP contribution in [0, 0.1) is 0 Å². The van der Waals surface area contributed by atoms with Gasteiger partial charge in [-0.2, -0.15) is 0 Å². The third-order valence-electron chi connectivity index (χ3n) is 3.86. The smallest absolute Gasteiger partial charge is 0.265 e. The van der Waals surface area contributed by atoms with Crippen LogP contribution in [0.1, 0.15) is 17.9 Å². The lowest BCUT2D eigenvalue weighted by atomic mass is 9.95. The van der Waals surface area contributed by atoms with E-state index < -0.39 is 17.9 Å². The molecule has 0 saturated carbocycles. The molecule has 1 fully saturated rings. The van der Waals surface area contributed by atoms with Crippen LogP contribution in [0.25, 0.3) is 0 Å². The minimum atomic E-state index is -0.725. The summed E-state index contributed by atoms with van der Waals surface area (Å²) in [4.78, 5) is 23.4. The molecule has 1 heterocycles. The molecule has 0 aliphatic carbocycles. The largest absolute Gasteiger partial charge is 0.457 e. The maximum Gasteiger partial charge on any atom is 0.265 e. The molecule has 7 heteroatoms. The summed E-state index contributed by atoms with van der Waals surface area (Å²) in [5.41, 5.74) is 2.34. The number of carbonyl (C=O) groups is 2. The van der Waals surface area contributed by atoms with Crippen LogP contribution in [0.2, 0.25) is 5.02 Å². The van der Waals surface area contributed by atoms with Crippen LogP contribution < -0.4 is 15.5 Å². The maximum atomic E-state index is 12.0. The lowest BCUT2D eigenvalue weighted by molar-refractivity contribution is -0.132. The van der Waals surface area contributed by atoms with Crippen molar-refractivity contribution in [3.8, 4) is 11.5 Å².